The number of carbonyl (C=O) groups excluding carboxylic acids is 2. The van der Waals surface area contributed by atoms with Crippen molar-refractivity contribution in [2.45, 2.75) is 31.8 Å². The molecule has 2 aromatic carbocycles. The minimum atomic E-state index is -0.553. The van der Waals surface area contributed by atoms with Gasteiger partial charge in [-0.15, -0.1) is 0 Å². The van der Waals surface area contributed by atoms with E-state index in [1.165, 1.54) is 18.6 Å². The van der Waals surface area contributed by atoms with Crippen LogP contribution in [0.15, 0.2) is 72.9 Å². The number of aromatic nitrogens is 2. The highest BCUT2D eigenvalue weighted by atomic mass is 32.1. The van der Waals surface area contributed by atoms with Crippen molar-refractivity contribution < 1.29 is 19.1 Å². The quantitative estimate of drug-likeness (QED) is 0.308. The van der Waals surface area contributed by atoms with E-state index in [0.717, 1.165) is 45.7 Å². The van der Waals surface area contributed by atoms with Crippen LogP contribution in [0.5, 0.6) is 0 Å². The van der Waals surface area contributed by atoms with Gasteiger partial charge in [-0.3, -0.25) is 15.1 Å². The summed E-state index contributed by atoms with van der Waals surface area (Å²) in [5.74, 6) is -0.163. The first-order valence-corrected chi connectivity index (χ1v) is 12.4. The van der Waals surface area contributed by atoms with Crippen LogP contribution in [-0.2, 0) is 26.3 Å². The Bertz CT molecular complexity index is 1380. The number of nitrogens with zero attached hydrogens (tertiary/aromatic N) is 2. The summed E-state index contributed by atoms with van der Waals surface area (Å²) in [6.07, 6.45) is 2.76. The molecule has 4 aromatic rings. The van der Waals surface area contributed by atoms with E-state index < -0.39 is 11.5 Å². The van der Waals surface area contributed by atoms with Crippen LogP contribution in [-0.4, -0.2) is 28.5 Å². The van der Waals surface area contributed by atoms with E-state index in [9.17, 15) is 9.59 Å². The molecule has 2 heterocycles. The molecular formula is C28H25N3O4S. The molecular weight excluding hydrogens is 474 g/mol. The molecule has 1 fully saturated rings. The van der Waals surface area contributed by atoms with Crippen LogP contribution in [0, 0.1) is 6.92 Å². The number of hydrogen-bond acceptors (Lipinski definition) is 7. The van der Waals surface area contributed by atoms with Gasteiger partial charge in [0.25, 0.3) is 0 Å². The number of benzene rings is 2. The monoisotopic (exact) mass is 499 g/mol. The number of anilines is 1. The van der Waals surface area contributed by atoms with Crippen LogP contribution in [0.1, 0.15) is 29.8 Å². The van der Waals surface area contributed by atoms with Gasteiger partial charge in [0.1, 0.15) is 6.61 Å². The predicted molar refractivity (Wildman–Crippen MR) is 139 cm³/mol. The summed E-state index contributed by atoms with van der Waals surface area (Å²) in [5.41, 5.74) is 5.63. The molecule has 182 valence electrons. The standard InChI is InChI=1S/C28H25N3O4S/c1-18-24(30-27(33)35-17-23-5-3-4-16-29-23)25(36-31-18)21-8-6-19(7-9-21)20-10-12-22(13-11-20)28(14-15-28)26(32)34-2/h3-13,16H,14-15,17H2,1-2H3,(H,30,33). The molecule has 0 spiro atoms. The van der Waals surface area contributed by atoms with Gasteiger partial charge >= 0.3 is 12.1 Å². The van der Waals surface area contributed by atoms with Crippen molar-refractivity contribution in [1.29, 1.82) is 0 Å². The van der Waals surface area contributed by atoms with Gasteiger partial charge in [-0.25, -0.2) is 4.79 Å². The fourth-order valence-corrected chi connectivity index (χ4v) is 5.05. The highest BCUT2D eigenvalue weighted by Crippen LogP contribution is 2.49. The molecule has 0 unspecified atom stereocenters. The maximum absolute atomic E-state index is 12.4. The van der Waals surface area contributed by atoms with Gasteiger partial charge in [-0.1, -0.05) is 54.6 Å². The van der Waals surface area contributed by atoms with Crippen LogP contribution in [0.3, 0.4) is 0 Å². The average Bonchev–Trinajstić information content (AvgIpc) is 3.66. The normalized spacial score (nSPS) is 13.6. The van der Waals surface area contributed by atoms with Gasteiger partial charge in [0.05, 0.1) is 34.5 Å². The number of nitrogens with one attached hydrogen (secondary N) is 1. The van der Waals surface area contributed by atoms with E-state index in [4.69, 9.17) is 9.47 Å². The summed E-state index contributed by atoms with van der Waals surface area (Å²) in [7, 11) is 1.44. The van der Waals surface area contributed by atoms with E-state index in [-0.39, 0.29) is 12.6 Å². The third kappa shape index (κ3) is 4.72. The number of methoxy groups -OCH3 is 1. The molecule has 0 aliphatic heterocycles. The Morgan fingerprint density at radius 2 is 1.64 bits per heavy atom. The molecule has 7 nitrogen and oxygen atoms in total. The molecule has 1 amide bonds. The Kier molecular flexibility index (Phi) is 6.52. The first-order valence-electron chi connectivity index (χ1n) is 11.6. The number of ether oxygens (including phenoxy) is 2. The molecule has 0 bridgehead atoms. The second kappa shape index (κ2) is 9.91. The molecule has 0 atom stereocenters. The largest absolute Gasteiger partial charge is 0.468 e. The zero-order chi connectivity index (χ0) is 25.1. The Hall–Kier alpha value is -4.04. The lowest BCUT2D eigenvalue weighted by atomic mass is 9.93. The first-order chi connectivity index (χ1) is 17.5. The highest BCUT2D eigenvalue weighted by molar-refractivity contribution is 7.10. The van der Waals surface area contributed by atoms with Crippen LogP contribution < -0.4 is 5.32 Å². The van der Waals surface area contributed by atoms with Crippen molar-refractivity contribution in [3.63, 3.8) is 0 Å². The number of pyridine rings is 1. The number of aryl methyl sites for hydroxylation is 1. The topological polar surface area (TPSA) is 90.4 Å². The maximum Gasteiger partial charge on any atom is 0.412 e. The van der Waals surface area contributed by atoms with E-state index in [1.807, 2.05) is 67.6 Å². The van der Waals surface area contributed by atoms with Crippen molar-refractivity contribution in [2.24, 2.45) is 0 Å². The molecule has 1 N–H and O–H groups in total. The lowest BCUT2D eigenvalue weighted by molar-refractivity contribution is -0.143. The summed E-state index contributed by atoms with van der Waals surface area (Å²) < 4.78 is 14.7. The number of hydrogen-bond donors (Lipinski definition) is 1. The van der Waals surface area contributed by atoms with Gasteiger partial charge < -0.3 is 9.47 Å². The number of rotatable bonds is 7. The third-order valence-corrected chi connectivity index (χ3v) is 7.40. The Morgan fingerprint density at radius 1 is 0.972 bits per heavy atom. The van der Waals surface area contributed by atoms with Crippen molar-refractivity contribution in [3.05, 3.63) is 89.9 Å². The van der Waals surface area contributed by atoms with Gasteiger partial charge in [0, 0.05) is 6.20 Å². The summed E-state index contributed by atoms with van der Waals surface area (Å²) in [4.78, 5) is 29.6. The lowest BCUT2D eigenvalue weighted by Crippen LogP contribution is -2.21. The van der Waals surface area contributed by atoms with Crippen LogP contribution >= 0.6 is 11.5 Å². The summed E-state index contributed by atoms with van der Waals surface area (Å²) in [6.45, 7) is 1.94. The first kappa shape index (κ1) is 23.7. The molecule has 5 rings (SSSR count). The molecule has 2 aromatic heterocycles. The summed E-state index contributed by atoms with van der Waals surface area (Å²) in [6, 6.07) is 21.7. The van der Waals surface area contributed by atoms with Crippen LogP contribution in [0.4, 0.5) is 10.5 Å². The zero-order valence-corrected chi connectivity index (χ0v) is 20.8. The molecule has 1 aliphatic carbocycles. The fourth-order valence-electron chi connectivity index (χ4n) is 4.20. The van der Waals surface area contributed by atoms with Gasteiger partial charge in [0.15, 0.2) is 0 Å². The van der Waals surface area contributed by atoms with E-state index in [2.05, 4.69) is 14.7 Å². The number of esters is 1. The van der Waals surface area contributed by atoms with Crippen LogP contribution in [0.25, 0.3) is 21.6 Å². The smallest absolute Gasteiger partial charge is 0.412 e. The van der Waals surface area contributed by atoms with Crippen molar-refractivity contribution in [1.82, 2.24) is 9.36 Å². The number of amides is 1. The van der Waals surface area contributed by atoms with Crippen molar-refractivity contribution in [2.75, 3.05) is 12.4 Å². The van der Waals surface area contributed by atoms with Gasteiger partial charge in [0.2, 0.25) is 0 Å². The predicted octanol–water partition coefficient (Wildman–Crippen LogP) is 6.13. The van der Waals surface area contributed by atoms with Crippen molar-refractivity contribution in [3.8, 4) is 21.6 Å². The van der Waals surface area contributed by atoms with Crippen molar-refractivity contribution >= 4 is 29.3 Å². The lowest BCUT2D eigenvalue weighted by Gasteiger charge is -2.13. The molecule has 36 heavy (non-hydrogen) atoms. The highest BCUT2D eigenvalue weighted by Gasteiger charge is 2.52. The Morgan fingerprint density at radius 3 is 2.25 bits per heavy atom. The maximum atomic E-state index is 12.4. The second-order valence-electron chi connectivity index (χ2n) is 8.72. The number of carbonyl (C=O) groups is 2. The fraction of sp³-hybridized carbons (Fsp3) is 0.214. The van der Waals surface area contributed by atoms with Gasteiger partial charge in [-0.2, -0.15) is 4.37 Å². The molecule has 1 saturated carbocycles. The molecule has 8 heteroatoms. The van der Waals surface area contributed by atoms with E-state index >= 15 is 0 Å². The second-order valence-corrected chi connectivity index (χ2v) is 9.50. The van der Waals surface area contributed by atoms with E-state index in [0.29, 0.717) is 11.4 Å². The Labute approximate surface area is 213 Å². The molecule has 0 radical (unpaired) electrons. The summed E-state index contributed by atoms with van der Waals surface area (Å²) in [5, 5.41) is 2.84. The van der Waals surface area contributed by atoms with E-state index in [1.54, 1.807) is 12.3 Å². The third-order valence-electron chi connectivity index (χ3n) is 6.41. The SMILES string of the molecule is COC(=O)C1(c2ccc(-c3ccc(-c4snc(C)c4NC(=O)OCc4ccccn4)cc3)cc2)CC1. The molecule has 1 aliphatic rings. The Balaban J connectivity index is 1.29. The van der Waals surface area contributed by atoms with Crippen LogP contribution in [0.2, 0.25) is 0 Å². The minimum Gasteiger partial charge on any atom is -0.468 e. The minimum absolute atomic E-state index is 0.0901. The average molecular weight is 500 g/mol. The zero-order valence-electron chi connectivity index (χ0n) is 20.0. The molecule has 0 saturated heterocycles. The van der Waals surface area contributed by atoms with Gasteiger partial charge in [-0.05, 0) is 65.7 Å². The summed E-state index contributed by atoms with van der Waals surface area (Å²) >= 11 is 1.33.